The van der Waals surface area contributed by atoms with Crippen molar-refractivity contribution >= 4 is 38.9 Å². The Bertz CT molecular complexity index is 713. The van der Waals surface area contributed by atoms with Crippen LogP contribution in [0, 0.1) is 6.92 Å². The molecular weight excluding hydrogens is 347 g/mol. The van der Waals surface area contributed by atoms with Gasteiger partial charge in [0.15, 0.2) is 9.84 Å². The minimum Gasteiger partial charge on any atom is -0.332 e. The van der Waals surface area contributed by atoms with Crippen molar-refractivity contribution in [2.24, 2.45) is 0 Å². The second-order valence-electron chi connectivity index (χ2n) is 5.77. The topological polar surface area (TPSA) is 66.5 Å². The van der Waals surface area contributed by atoms with Crippen LogP contribution >= 0.6 is 23.2 Å². The SMILES string of the molecule is Cc1c(Cl)cc(C(=O)N2CCN[C@@H]3CS(=O)(=O)C[C@@H]32)cc1Cl. The van der Waals surface area contributed by atoms with Crippen LogP contribution in [0.2, 0.25) is 10.0 Å². The van der Waals surface area contributed by atoms with Gasteiger partial charge in [-0.15, -0.1) is 0 Å². The van der Waals surface area contributed by atoms with Crippen molar-refractivity contribution in [3.05, 3.63) is 33.3 Å². The molecule has 0 unspecified atom stereocenters. The number of amides is 1. The van der Waals surface area contributed by atoms with Crippen LogP contribution in [0.15, 0.2) is 12.1 Å². The van der Waals surface area contributed by atoms with E-state index in [1.54, 1.807) is 24.0 Å². The summed E-state index contributed by atoms with van der Waals surface area (Å²) < 4.78 is 23.7. The zero-order valence-corrected chi connectivity index (χ0v) is 14.3. The number of rotatable bonds is 1. The molecule has 2 heterocycles. The molecular formula is C14H16Cl2N2O3S. The van der Waals surface area contributed by atoms with Gasteiger partial charge in [-0.25, -0.2) is 8.42 Å². The minimum absolute atomic E-state index is 0.00370. The van der Waals surface area contributed by atoms with Crippen LogP contribution in [0.25, 0.3) is 0 Å². The van der Waals surface area contributed by atoms with Gasteiger partial charge in [0.25, 0.3) is 5.91 Å². The van der Waals surface area contributed by atoms with E-state index in [4.69, 9.17) is 23.2 Å². The van der Waals surface area contributed by atoms with Gasteiger partial charge in [0.05, 0.1) is 17.5 Å². The molecule has 2 saturated heterocycles. The Balaban J connectivity index is 1.92. The van der Waals surface area contributed by atoms with Gasteiger partial charge in [-0.2, -0.15) is 0 Å². The van der Waals surface area contributed by atoms with Crippen LogP contribution in [-0.4, -0.2) is 55.9 Å². The highest BCUT2D eigenvalue weighted by atomic mass is 35.5. The van der Waals surface area contributed by atoms with Gasteiger partial charge in [0, 0.05) is 34.7 Å². The van der Waals surface area contributed by atoms with E-state index in [9.17, 15) is 13.2 Å². The number of hydrogen-bond acceptors (Lipinski definition) is 4. The first-order chi connectivity index (χ1) is 10.3. The molecule has 3 rings (SSSR count). The van der Waals surface area contributed by atoms with Crippen molar-refractivity contribution in [2.45, 2.75) is 19.0 Å². The maximum Gasteiger partial charge on any atom is 0.254 e. The Morgan fingerprint density at radius 2 is 1.91 bits per heavy atom. The van der Waals surface area contributed by atoms with Crippen LogP contribution in [0.5, 0.6) is 0 Å². The van der Waals surface area contributed by atoms with E-state index < -0.39 is 9.84 Å². The molecule has 2 aliphatic heterocycles. The Kier molecular flexibility index (Phi) is 4.14. The highest BCUT2D eigenvalue weighted by Gasteiger charge is 2.44. The molecule has 0 bridgehead atoms. The summed E-state index contributed by atoms with van der Waals surface area (Å²) in [6, 6.07) is 2.65. The summed E-state index contributed by atoms with van der Waals surface area (Å²) in [7, 11) is -3.11. The number of hydrogen-bond donors (Lipinski definition) is 1. The van der Waals surface area contributed by atoms with Gasteiger partial charge in [0.2, 0.25) is 0 Å². The third-order valence-electron chi connectivity index (χ3n) is 4.27. The molecule has 120 valence electrons. The Labute approximate surface area is 139 Å². The molecule has 22 heavy (non-hydrogen) atoms. The first kappa shape index (κ1) is 16.1. The van der Waals surface area contributed by atoms with Gasteiger partial charge in [0.1, 0.15) is 0 Å². The first-order valence-corrected chi connectivity index (χ1v) is 9.56. The predicted octanol–water partition coefficient (Wildman–Crippen LogP) is 1.51. The quantitative estimate of drug-likeness (QED) is 0.822. The van der Waals surface area contributed by atoms with Gasteiger partial charge in [-0.05, 0) is 24.6 Å². The number of nitrogens with one attached hydrogen (secondary N) is 1. The second-order valence-corrected chi connectivity index (χ2v) is 8.74. The van der Waals surface area contributed by atoms with Crippen molar-refractivity contribution in [1.82, 2.24) is 10.2 Å². The molecule has 0 aliphatic carbocycles. The summed E-state index contributed by atoms with van der Waals surface area (Å²) >= 11 is 12.2. The summed E-state index contributed by atoms with van der Waals surface area (Å²) in [5.74, 6) is -0.141. The molecule has 1 aromatic carbocycles. The summed E-state index contributed by atoms with van der Waals surface area (Å²) in [6.45, 7) is 2.83. The fourth-order valence-corrected chi connectivity index (χ4v) is 5.50. The number of fused-ring (bicyclic) bond motifs is 1. The third kappa shape index (κ3) is 2.85. The minimum atomic E-state index is -3.11. The molecule has 2 aliphatic rings. The maximum atomic E-state index is 12.8. The van der Waals surface area contributed by atoms with Crippen molar-refractivity contribution in [2.75, 3.05) is 24.6 Å². The van der Waals surface area contributed by atoms with Crippen LogP contribution in [-0.2, 0) is 9.84 Å². The number of benzene rings is 1. The standard InChI is InChI=1S/C14H16Cl2N2O3S/c1-8-10(15)4-9(5-11(8)16)14(19)18-3-2-17-12-6-22(20,21)7-13(12)18/h4-5,12-13,17H,2-3,6-7H2,1H3/t12-,13+/m1/s1. The van der Waals surface area contributed by atoms with E-state index in [0.29, 0.717) is 28.7 Å². The van der Waals surface area contributed by atoms with E-state index in [1.165, 1.54) is 0 Å². The average molecular weight is 363 g/mol. The summed E-state index contributed by atoms with van der Waals surface area (Å²) in [6.07, 6.45) is 0. The van der Waals surface area contributed by atoms with Gasteiger partial charge < -0.3 is 10.2 Å². The fraction of sp³-hybridized carbons (Fsp3) is 0.500. The van der Waals surface area contributed by atoms with Crippen LogP contribution in [0.3, 0.4) is 0 Å². The molecule has 5 nitrogen and oxygen atoms in total. The Morgan fingerprint density at radius 3 is 2.55 bits per heavy atom. The molecule has 8 heteroatoms. The molecule has 0 spiro atoms. The molecule has 1 N–H and O–H groups in total. The van der Waals surface area contributed by atoms with E-state index in [1.807, 2.05) is 0 Å². The molecule has 0 radical (unpaired) electrons. The summed E-state index contributed by atoms with van der Waals surface area (Å²) in [5.41, 5.74) is 1.12. The van der Waals surface area contributed by atoms with Crippen molar-refractivity contribution in [3.8, 4) is 0 Å². The van der Waals surface area contributed by atoms with E-state index in [0.717, 1.165) is 5.56 Å². The van der Waals surface area contributed by atoms with Gasteiger partial charge in [-0.1, -0.05) is 23.2 Å². The molecule has 2 atom stereocenters. The number of halogens is 2. The zero-order valence-electron chi connectivity index (χ0n) is 12.0. The predicted molar refractivity (Wildman–Crippen MR) is 86.5 cm³/mol. The van der Waals surface area contributed by atoms with Crippen molar-refractivity contribution in [1.29, 1.82) is 0 Å². The number of piperazine rings is 1. The lowest BCUT2D eigenvalue weighted by Crippen LogP contribution is -2.59. The first-order valence-electron chi connectivity index (χ1n) is 6.99. The Morgan fingerprint density at radius 1 is 1.27 bits per heavy atom. The van der Waals surface area contributed by atoms with Crippen LogP contribution < -0.4 is 5.32 Å². The number of sulfone groups is 1. The van der Waals surface area contributed by atoms with E-state index in [2.05, 4.69) is 5.32 Å². The number of nitrogens with zero attached hydrogens (tertiary/aromatic N) is 1. The van der Waals surface area contributed by atoms with Crippen molar-refractivity contribution < 1.29 is 13.2 Å². The summed E-state index contributed by atoms with van der Waals surface area (Å²) in [5, 5.41) is 4.04. The lowest BCUT2D eigenvalue weighted by molar-refractivity contribution is 0.0621. The van der Waals surface area contributed by atoms with Gasteiger partial charge >= 0.3 is 0 Å². The Hall–Kier alpha value is -0.820. The number of carbonyl (C=O) groups is 1. The van der Waals surface area contributed by atoms with E-state index >= 15 is 0 Å². The highest BCUT2D eigenvalue weighted by Crippen LogP contribution is 2.28. The average Bonchev–Trinajstić information content (AvgIpc) is 2.77. The second kappa shape index (κ2) is 5.67. The number of carbonyl (C=O) groups excluding carboxylic acids is 1. The normalized spacial score (nSPS) is 26.8. The van der Waals surface area contributed by atoms with Crippen molar-refractivity contribution in [3.63, 3.8) is 0 Å². The van der Waals surface area contributed by atoms with Gasteiger partial charge in [-0.3, -0.25) is 4.79 Å². The zero-order chi connectivity index (χ0) is 16.1. The third-order valence-corrected chi connectivity index (χ3v) is 6.77. The summed E-state index contributed by atoms with van der Waals surface area (Å²) in [4.78, 5) is 14.4. The monoisotopic (exact) mass is 362 g/mol. The highest BCUT2D eigenvalue weighted by molar-refractivity contribution is 7.91. The lowest BCUT2D eigenvalue weighted by Gasteiger charge is -2.37. The van der Waals surface area contributed by atoms with Crippen LogP contribution in [0.1, 0.15) is 15.9 Å². The van der Waals surface area contributed by atoms with Crippen LogP contribution in [0.4, 0.5) is 0 Å². The fourth-order valence-electron chi connectivity index (χ4n) is 3.05. The largest absolute Gasteiger partial charge is 0.332 e. The molecule has 0 saturated carbocycles. The lowest BCUT2D eigenvalue weighted by atomic mass is 10.0. The smallest absolute Gasteiger partial charge is 0.254 e. The molecule has 1 aromatic rings. The molecule has 0 aromatic heterocycles. The molecule has 2 fully saturated rings. The maximum absolute atomic E-state index is 12.8. The molecule has 1 amide bonds. The van der Waals surface area contributed by atoms with E-state index in [-0.39, 0.29) is 29.5 Å².